The molecule has 1 aliphatic heterocycles. The van der Waals surface area contributed by atoms with Gasteiger partial charge >= 0.3 is 0 Å². The predicted molar refractivity (Wildman–Crippen MR) is 53.4 cm³/mol. The van der Waals surface area contributed by atoms with Gasteiger partial charge in [0.05, 0.1) is 12.6 Å². The lowest BCUT2D eigenvalue weighted by molar-refractivity contribution is 0.252. The minimum absolute atomic E-state index is 0.560. The Labute approximate surface area is 80.9 Å². The van der Waals surface area contributed by atoms with Crippen LogP contribution in [0.1, 0.15) is 19.8 Å². The monoisotopic (exact) mass is 181 g/mol. The standard InChI is InChI=1S/C10H19N3/c1-3-6-13-7-4-10(9-13)12(2)8-5-11/h10H,3-4,6-9H2,1-2H3. The summed E-state index contributed by atoms with van der Waals surface area (Å²) in [5, 5.41) is 8.56. The maximum absolute atomic E-state index is 8.56. The second-order valence-electron chi connectivity index (χ2n) is 3.82. The van der Waals surface area contributed by atoms with Gasteiger partial charge in [-0.2, -0.15) is 5.26 Å². The van der Waals surface area contributed by atoms with Crippen LogP contribution in [0.15, 0.2) is 0 Å². The van der Waals surface area contributed by atoms with Crippen LogP contribution < -0.4 is 0 Å². The summed E-state index contributed by atoms with van der Waals surface area (Å²) < 4.78 is 0. The van der Waals surface area contributed by atoms with Crippen molar-refractivity contribution < 1.29 is 0 Å². The summed E-state index contributed by atoms with van der Waals surface area (Å²) in [4.78, 5) is 4.65. The van der Waals surface area contributed by atoms with Crippen molar-refractivity contribution in [1.29, 1.82) is 5.26 Å². The fraction of sp³-hybridized carbons (Fsp3) is 0.900. The lowest BCUT2D eigenvalue weighted by atomic mass is 10.2. The number of likely N-dealkylation sites (N-methyl/N-ethyl adjacent to an activating group) is 1. The van der Waals surface area contributed by atoms with Crippen molar-refractivity contribution in [3.63, 3.8) is 0 Å². The van der Waals surface area contributed by atoms with Crippen LogP contribution >= 0.6 is 0 Å². The molecule has 1 aliphatic rings. The van der Waals surface area contributed by atoms with Gasteiger partial charge in [0.25, 0.3) is 0 Å². The Morgan fingerprint density at radius 2 is 2.38 bits per heavy atom. The summed E-state index contributed by atoms with van der Waals surface area (Å²) in [6, 6.07) is 2.80. The smallest absolute Gasteiger partial charge is 0.0866 e. The molecule has 0 aromatic rings. The first-order valence-corrected chi connectivity index (χ1v) is 5.07. The minimum Gasteiger partial charge on any atom is -0.302 e. The third-order valence-electron chi connectivity index (χ3n) is 2.73. The van der Waals surface area contributed by atoms with Gasteiger partial charge in [-0.3, -0.25) is 4.90 Å². The molecule has 3 nitrogen and oxygen atoms in total. The molecule has 0 radical (unpaired) electrons. The summed E-state index contributed by atoms with van der Waals surface area (Å²) in [6.45, 7) is 6.33. The molecule has 0 amide bonds. The number of rotatable bonds is 4. The Balaban J connectivity index is 2.28. The molecule has 0 aliphatic carbocycles. The van der Waals surface area contributed by atoms with Gasteiger partial charge in [0.2, 0.25) is 0 Å². The van der Waals surface area contributed by atoms with Crippen LogP contribution in [-0.2, 0) is 0 Å². The largest absolute Gasteiger partial charge is 0.302 e. The highest BCUT2D eigenvalue weighted by molar-refractivity contribution is 4.86. The average molecular weight is 181 g/mol. The van der Waals surface area contributed by atoms with Gasteiger partial charge in [-0.15, -0.1) is 0 Å². The number of hydrogen-bond donors (Lipinski definition) is 0. The number of hydrogen-bond acceptors (Lipinski definition) is 3. The molecular formula is C10H19N3. The quantitative estimate of drug-likeness (QED) is 0.604. The van der Waals surface area contributed by atoms with Crippen LogP contribution in [0, 0.1) is 11.3 Å². The summed E-state index contributed by atoms with van der Waals surface area (Å²) in [5.74, 6) is 0. The molecule has 0 aromatic carbocycles. The second-order valence-corrected chi connectivity index (χ2v) is 3.82. The highest BCUT2D eigenvalue weighted by Crippen LogP contribution is 2.13. The van der Waals surface area contributed by atoms with E-state index >= 15 is 0 Å². The minimum atomic E-state index is 0.560. The van der Waals surface area contributed by atoms with Gasteiger partial charge in [0.15, 0.2) is 0 Å². The molecule has 3 heteroatoms. The molecule has 1 heterocycles. The molecule has 1 unspecified atom stereocenters. The zero-order valence-electron chi connectivity index (χ0n) is 8.66. The zero-order valence-corrected chi connectivity index (χ0v) is 8.66. The molecule has 1 atom stereocenters. The van der Waals surface area contributed by atoms with Gasteiger partial charge in [-0.1, -0.05) is 6.92 Å². The van der Waals surface area contributed by atoms with E-state index in [0.29, 0.717) is 12.6 Å². The number of likely N-dealkylation sites (tertiary alicyclic amines) is 1. The van der Waals surface area contributed by atoms with Crippen molar-refractivity contribution >= 4 is 0 Å². The molecule has 0 bridgehead atoms. The third kappa shape index (κ3) is 2.98. The van der Waals surface area contributed by atoms with Gasteiger partial charge in [0, 0.05) is 12.6 Å². The molecule has 13 heavy (non-hydrogen) atoms. The van der Waals surface area contributed by atoms with E-state index in [1.54, 1.807) is 0 Å². The first kappa shape index (κ1) is 10.5. The van der Waals surface area contributed by atoms with Gasteiger partial charge in [0.1, 0.15) is 0 Å². The van der Waals surface area contributed by atoms with Gasteiger partial charge in [-0.25, -0.2) is 0 Å². The Kier molecular flexibility index (Phi) is 4.20. The van der Waals surface area contributed by atoms with Crippen molar-refractivity contribution in [3.05, 3.63) is 0 Å². The van der Waals surface area contributed by atoms with Crippen molar-refractivity contribution in [2.75, 3.05) is 33.2 Å². The summed E-state index contributed by atoms with van der Waals surface area (Å²) in [5.41, 5.74) is 0. The molecule has 0 aromatic heterocycles. The van der Waals surface area contributed by atoms with Crippen LogP contribution in [0.4, 0.5) is 0 Å². The summed E-state index contributed by atoms with van der Waals surface area (Å²) >= 11 is 0. The molecule has 0 spiro atoms. The van der Waals surface area contributed by atoms with Crippen LogP contribution in [-0.4, -0.2) is 49.1 Å². The van der Waals surface area contributed by atoms with Gasteiger partial charge in [-0.05, 0) is 33.0 Å². The van der Waals surface area contributed by atoms with Crippen molar-refractivity contribution in [1.82, 2.24) is 9.80 Å². The topological polar surface area (TPSA) is 30.3 Å². The number of nitriles is 1. The second kappa shape index (κ2) is 5.21. The molecule has 1 fully saturated rings. The van der Waals surface area contributed by atoms with E-state index < -0.39 is 0 Å². The van der Waals surface area contributed by atoms with E-state index in [9.17, 15) is 0 Å². The fourth-order valence-corrected chi connectivity index (χ4v) is 1.93. The van der Waals surface area contributed by atoms with Crippen LogP contribution in [0.3, 0.4) is 0 Å². The van der Waals surface area contributed by atoms with Crippen LogP contribution in [0.2, 0.25) is 0 Å². The Bertz CT molecular complexity index is 185. The third-order valence-corrected chi connectivity index (χ3v) is 2.73. The van der Waals surface area contributed by atoms with Crippen molar-refractivity contribution in [3.8, 4) is 6.07 Å². The van der Waals surface area contributed by atoms with Gasteiger partial charge < -0.3 is 4.90 Å². The highest BCUT2D eigenvalue weighted by atomic mass is 15.2. The molecule has 74 valence electrons. The van der Waals surface area contributed by atoms with E-state index in [4.69, 9.17) is 5.26 Å². The maximum Gasteiger partial charge on any atom is 0.0866 e. The van der Waals surface area contributed by atoms with E-state index in [-0.39, 0.29) is 0 Å². The zero-order chi connectivity index (χ0) is 9.68. The van der Waals surface area contributed by atoms with E-state index in [2.05, 4.69) is 22.8 Å². The van der Waals surface area contributed by atoms with E-state index in [0.717, 1.165) is 6.54 Å². The Morgan fingerprint density at radius 3 is 3.00 bits per heavy atom. The first-order valence-electron chi connectivity index (χ1n) is 5.07. The Morgan fingerprint density at radius 1 is 1.62 bits per heavy atom. The van der Waals surface area contributed by atoms with E-state index in [1.165, 1.54) is 25.9 Å². The molecule has 0 saturated carbocycles. The molecular weight excluding hydrogens is 162 g/mol. The molecule has 1 saturated heterocycles. The average Bonchev–Trinajstić information content (AvgIpc) is 2.54. The lowest BCUT2D eigenvalue weighted by Gasteiger charge is -2.21. The maximum atomic E-state index is 8.56. The molecule has 0 N–H and O–H groups in total. The first-order chi connectivity index (χ1) is 6.27. The van der Waals surface area contributed by atoms with E-state index in [1.807, 2.05) is 7.05 Å². The highest BCUT2D eigenvalue weighted by Gasteiger charge is 2.24. The predicted octanol–water partition coefficient (Wildman–Crippen LogP) is 0.926. The number of nitrogens with zero attached hydrogens (tertiary/aromatic N) is 3. The van der Waals surface area contributed by atoms with Crippen molar-refractivity contribution in [2.45, 2.75) is 25.8 Å². The van der Waals surface area contributed by atoms with Crippen molar-refractivity contribution in [2.24, 2.45) is 0 Å². The van der Waals surface area contributed by atoms with Crippen LogP contribution in [0.25, 0.3) is 0 Å². The Hall–Kier alpha value is -0.590. The summed E-state index contributed by atoms with van der Waals surface area (Å²) in [6.07, 6.45) is 2.45. The van der Waals surface area contributed by atoms with Crippen LogP contribution in [0.5, 0.6) is 0 Å². The lowest BCUT2D eigenvalue weighted by Crippen LogP contribution is -2.34. The SMILES string of the molecule is CCCN1CCC(N(C)CC#N)C1. The fourth-order valence-electron chi connectivity index (χ4n) is 1.93. The molecule has 1 rings (SSSR count). The normalized spacial score (nSPS) is 23.7. The summed E-state index contributed by atoms with van der Waals surface area (Å²) in [7, 11) is 2.04.